The second-order valence-electron chi connectivity index (χ2n) is 30.1. The fourth-order valence-corrected chi connectivity index (χ4v) is 16.1. The van der Waals surface area contributed by atoms with E-state index >= 15 is 32.8 Å². The molecule has 7 fully saturated rings. The largest absolute Gasteiger partial charge is 0.397 e. The highest BCUT2D eigenvalue weighted by molar-refractivity contribution is 6.01. The minimum Gasteiger partial charge on any atom is -0.347 e. The van der Waals surface area contributed by atoms with Crippen LogP contribution in [0.4, 0.5) is 35.1 Å². The molecule has 0 aromatic heterocycles. The molecule has 7 rings (SSSR count). The number of nitrogens with zero attached hydrogens (tertiary/aromatic N) is 9. The average Bonchev–Trinajstić information content (AvgIpc) is 1.56. The molecule has 4 saturated carbocycles. The van der Waals surface area contributed by atoms with E-state index < -0.39 is 224 Å². The van der Waals surface area contributed by atoms with Crippen molar-refractivity contribution < 1.29 is 92.7 Å². The van der Waals surface area contributed by atoms with Crippen LogP contribution in [-0.2, 0) is 57.5 Å². The molecule has 0 aromatic rings. The van der Waals surface area contributed by atoms with E-state index in [0.717, 1.165) is 29.4 Å². The van der Waals surface area contributed by atoms with Crippen LogP contribution in [0.15, 0.2) is 0 Å². The van der Waals surface area contributed by atoms with E-state index in [4.69, 9.17) is 0 Å². The van der Waals surface area contributed by atoms with E-state index in [1.54, 1.807) is 13.8 Å². The third kappa shape index (κ3) is 19.1. The van der Waals surface area contributed by atoms with Gasteiger partial charge < -0.3 is 60.0 Å². The van der Waals surface area contributed by atoms with Crippen LogP contribution in [0, 0.1) is 35.5 Å². The van der Waals surface area contributed by atoms with Gasteiger partial charge in [-0.2, -0.15) is 26.3 Å². The van der Waals surface area contributed by atoms with Crippen molar-refractivity contribution in [3.05, 3.63) is 0 Å². The summed E-state index contributed by atoms with van der Waals surface area (Å²) in [5.41, 5.74) is -1.63. The lowest BCUT2D eigenvalue weighted by atomic mass is 9.74. The summed E-state index contributed by atoms with van der Waals surface area (Å²) < 4.78 is 114. The second kappa shape index (κ2) is 34.1. The normalized spacial score (nSPS) is 32.3. The van der Waals surface area contributed by atoms with Crippen molar-refractivity contribution in [2.45, 2.75) is 247 Å². The van der Waals surface area contributed by atoms with Gasteiger partial charge in [-0.05, 0) is 153 Å². The number of hydrogen-bond acceptors (Lipinski definition) is 12. The molecule has 2 unspecified atom stereocenters. The molecule has 101 heavy (non-hydrogen) atoms. The molecule has 7 aliphatic rings. The van der Waals surface area contributed by atoms with Gasteiger partial charge in [0.15, 0.2) is 0 Å². The molecule has 4 aliphatic carbocycles. The van der Waals surface area contributed by atoms with E-state index in [9.17, 15) is 59.9 Å². The molecule has 2 bridgehead atoms. The summed E-state index contributed by atoms with van der Waals surface area (Å²) in [6.07, 6.45) is -14.2. The van der Waals surface area contributed by atoms with Gasteiger partial charge in [-0.15, -0.1) is 0 Å². The third-order valence-electron chi connectivity index (χ3n) is 23.1. The molecule has 0 radical (unpaired) electrons. The number of hydrogen-bond donors (Lipinski definition) is 3. The van der Waals surface area contributed by atoms with Gasteiger partial charge in [0, 0.05) is 69.5 Å². The van der Waals surface area contributed by atoms with Crippen molar-refractivity contribution in [2.24, 2.45) is 35.5 Å². The zero-order valence-electron chi connectivity index (χ0n) is 60.3. The summed E-state index contributed by atoms with van der Waals surface area (Å²) in [4.78, 5) is 188. The molecule has 3 saturated heterocycles. The van der Waals surface area contributed by atoms with E-state index in [1.807, 2.05) is 0 Å². The Morgan fingerprint density at radius 3 is 1.74 bits per heavy atom. The highest BCUT2D eigenvalue weighted by Crippen LogP contribution is 2.46. The molecule has 24 nitrogen and oxygen atoms in total. The third-order valence-corrected chi connectivity index (χ3v) is 23.1. The summed E-state index contributed by atoms with van der Waals surface area (Å²) in [7, 11) is 10.8. The monoisotopic (exact) mass is 1450 g/mol. The smallest absolute Gasteiger partial charge is 0.347 e. The maximum atomic E-state index is 15.3. The molecule has 3 N–H and O–H groups in total. The minimum atomic E-state index is -5.20. The second-order valence-corrected chi connectivity index (χ2v) is 30.1. The van der Waals surface area contributed by atoms with Gasteiger partial charge in [0.2, 0.25) is 70.9 Å². The van der Waals surface area contributed by atoms with Crippen molar-refractivity contribution in [1.82, 2.24) is 60.0 Å². The van der Waals surface area contributed by atoms with E-state index in [-0.39, 0.29) is 90.1 Å². The SMILES string of the molecule is CC[C@H](C)[C@@H]1NC(=O)[C@H](C)N(C)C(=O)C[C@@H](C(=O)N(C)C)N(C)C(=O)[C@H](C2CCCC2)N(C)C(=O)C2(CCC2)NC(=O)[C@@H]2CCCN2C(=O)[C@H](CCC2CC(F)C(C(F)(F)F)C(F)C2)NC(=O)CN(C)C(=O)[C@H](CC2CCC(C(F)(F)F)CC2)N2CCCC[C@@H](C2=O)N(C)C(=O)CN(C)C1=O. The van der Waals surface area contributed by atoms with Crippen molar-refractivity contribution in [2.75, 3.05) is 82.6 Å². The molecule has 11 atom stereocenters. The Morgan fingerprint density at radius 1 is 0.594 bits per heavy atom. The number of likely N-dealkylation sites (N-methyl/N-ethyl adjacent to an activating group) is 7. The van der Waals surface area contributed by atoms with E-state index in [2.05, 4.69) is 16.0 Å². The van der Waals surface area contributed by atoms with Crippen molar-refractivity contribution >= 4 is 70.9 Å². The first-order valence-electron chi connectivity index (χ1n) is 35.9. The van der Waals surface area contributed by atoms with Gasteiger partial charge >= 0.3 is 12.4 Å². The Bertz CT molecular complexity index is 3010. The molecule has 3 aliphatic heterocycles. The molecule has 32 heteroatoms. The summed E-state index contributed by atoms with van der Waals surface area (Å²) in [6, 6.07) is -10.9. The van der Waals surface area contributed by atoms with Crippen LogP contribution in [0.1, 0.15) is 168 Å². The van der Waals surface area contributed by atoms with Crippen molar-refractivity contribution in [1.29, 1.82) is 0 Å². The molecule has 3 heterocycles. The molecule has 1 spiro atoms. The summed E-state index contributed by atoms with van der Waals surface area (Å²) in [6.45, 7) is 3.24. The number of alkyl halides is 8. The quantitative estimate of drug-likeness (QED) is 0.253. The summed E-state index contributed by atoms with van der Waals surface area (Å²) in [5.74, 6) is -16.4. The first-order valence-corrected chi connectivity index (χ1v) is 35.9. The van der Waals surface area contributed by atoms with Gasteiger partial charge in [0.05, 0.1) is 25.4 Å². The number of nitrogens with one attached hydrogen (secondary N) is 3. The van der Waals surface area contributed by atoms with Crippen molar-refractivity contribution in [3.8, 4) is 0 Å². The Kier molecular flexibility index (Phi) is 27.5. The number of rotatable bonds is 9. The van der Waals surface area contributed by atoms with E-state index in [0.29, 0.717) is 44.9 Å². The van der Waals surface area contributed by atoms with Crippen LogP contribution in [0.25, 0.3) is 0 Å². The van der Waals surface area contributed by atoms with Crippen LogP contribution >= 0.6 is 0 Å². The fourth-order valence-electron chi connectivity index (χ4n) is 16.1. The number of halogens is 8. The Balaban J connectivity index is 1.27. The lowest BCUT2D eigenvalue weighted by Crippen LogP contribution is -2.68. The predicted molar refractivity (Wildman–Crippen MR) is 352 cm³/mol. The zero-order valence-corrected chi connectivity index (χ0v) is 60.3. The molecule has 570 valence electrons. The van der Waals surface area contributed by atoms with Crippen LogP contribution in [0.5, 0.6) is 0 Å². The standard InChI is InChI=1S/C69H106F8N12O12/c1-12-39(2)56-64(99)83(7)38-54(92)85(9)49-21-15-16-31-89(63(49)98)51(35-41-23-26-44(27-24-41)68(72,73)74)62(97)82(6)37-52(90)78-47(28-25-42-33-45(70)55(46(71)34-42)69(75,76)77)60(95)88-32-17-22-48(88)59(94)80-67(29-18-30-67)66(101)87(11)57(43-19-13-14-20-43)65(100)86(10)50(61(96)81(4)5)36-53(91)84(8)40(3)58(93)79-56/h39-51,55-57H,12-38H2,1-11H3,(H,78,90)(H,79,93)(H,80,94)/t39-,40-,41?,42?,44?,45?,46?,47-,48-,49-,50-,51-,55?,56-,57-/m0/s1. The van der Waals surface area contributed by atoms with Crippen LogP contribution in [-0.4, -0.2) is 276 Å². The summed E-state index contributed by atoms with van der Waals surface area (Å²) in [5, 5.41) is 8.27. The Labute approximate surface area is 586 Å². The average molecular weight is 1450 g/mol. The highest BCUT2D eigenvalue weighted by Gasteiger charge is 2.56. The number of carbonyl (C=O) groups is 12. The van der Waals surface area contributed by atoms with Gasteiger partial charge in [-0.1, -0.05) is 33.1 Å². The van der Waals surface area contributed by atoms with Crippen LogP contribution < -0.4 is 16.0 Å². The number of carbonyl (C=O) groups excluding carboxylic acids is 12. The topological polar surface area (TPSA) is 270 Å². The predicted octanol–water partition coefficient (Wildman–Crippen LogP) is 5.14. The fraction of sp³-hybridized carbons (Fsp3) is 0.826. The zero-order chi connectivity index (χ0) is 75.1. The van der Waals surface area contributed by atoms with Gasteiger partial charge in [0.25, 0.3) is 0 Å². The molecular formula is C69H106F8N12O12. The minimum absolute atomic E-state index is 0.0192. The van der Waals surface area contributed by atoms with Crippen LogP contribution in [0.2, 0.25) is 0 Å². The maximum Gasteiger partial charge on any atom is 0.397 e. The lowest BCUT2D eigenvalue weighted by molar-refractivity contribution is -0.219. The highest BCUT2D eigenvalue weighted by atomic mass is 19.4. The van der Waals surface area contributed by atoms with Crippen molar-refractivity contribution in [3.63, 3.8) is 0 Å². The lowest BCUT2D eigenvalue weighted by Gasteiger charge is -2.46. The molecular weight excluding hydrogens is 1340 g/mol. The Morgan fingerprint density at radius 2 is 1.18 bits per heavy atom. The Hall–Kier alpha value is -6.92. The molecule has 0 aromatic carbocycles. The first kappa shape index (κ1) is 81.4. The van der Waals surface area contributed by atoms with Gasteiger partial charge in [-0.25, -0.2) is 8.78 Å². The maximum absolute atomic E-state index is 15.3. The van der Waals surface area contributed by atoms with Crippen LogP contribution in [0.3, 0.4) is 0 Å². The first-order chi connectivity index (χ1) is 47.2. The van der Waals surface area contributed by atoms with Gasteiger partial charge in [-0.3, -0.25) is 57.5 Å². The number of amides is 12. The van der Waals surface area contributed by atoms with Gasteiger partial charge in [0.1, 0.15) is 72.1 Å². The molecule has 12 amide bonds. The van der Waals surface area contributed by atoms with E-state index in [1.165, 1.54) is 78.0 Å². The number of fused-ring (bicyclic) bond motifs is 3. The summed E-state index contributed by atoms with van der Waals surface area (Å²) >= 11 is 0.